The summed E-state index contributed by atoms with van der Waals surface area (Å²) in [5, 5.41) is 0. The van der Waals surface area contributed by atoms with Crippen molar-refractivity contribution in [3.8, 4) is 5.75 Å². The predicted molar refractivity (Wildman–Crippen MR) is 78.3 cm³/mol. The Bertz CT molecular complexity index is 553. The topological polar surface area (TPSA) is 51.7 Å². The summed E-state index contributed by atoms with van der Waals surface area (Å²) in [6.07, 6.45) is 4.19. The third-order valence-electron chi connectivity index (χ3n) is 3.96. The quantitative estimate of drug-likeness (QED) is 0.737. The maximum absolute atomic E-state index is 12.2. The van der Waals surface area contributed by atoms with E-state index in [1.807, 2.05) is 32.9 Å². The number of amides is 1. The van der Waals surface area contributed by atoms with Gasteiger partial charge in [0.25, 0.3) is 0 Å². The lowest BCUT2D eigenvalue weighted by molar-refractivity contribution is 0.0168. The standard InChI is InChI=1S/C16H22N2O3/c1-15(2,3)21-14(19)18-10-8-16(11-18)7-6-12-13(20-16)5-4-9-17-12/h4-5,9H,6-8,10-11H2,1-3H3. The van der Waals surface area contributed by atoms with E-state index in [1.165, 1.54) is 0 Å². The molecule has 1 spiro atoms. The van der Waals surface area contributed by atoms with Crippen LogP contribution < -0.4 is 4.74 Å². The Morgan fingerprint density at radius 2 is 2.24 bits per heavy atom. The number of ether oxygens (including phenoxy) is 2. The third kappa shape index (κ3) is 2.96. The van der Waals surface area contributed by atoms with Crippen LogP contribution in [0.4, 0.5) is 4.79 Å². The van der Waals surface area contributed by atoms with Gasteiger partial charge in [-0.2, -0.15) is 0 Å². The zero-order valence-corrected chi connectivity index (χ0v) is 12.9. The van der Waals surface area contributed by atoms with Crippen LogP contribution in [-0.4, -0.2) is 40.3 Å². The number of pyridine rings is 1. The van der Waals surface area contributed by atoms with Gasteiger partial charge in [-0.1, -0.05) is 0 Å². The average molecular weight is 290 g/mol. The molecule has 2 aliphatic heterocycles. The highest BCUT2D eigenvalue weighted by molar-refractivity contribution is 5.68. The first-order valence-corrected chi connectivity index (χ1v) is 7.48. The van der Waals surface area contributed by atoms with Crippen molar-refractivity contribution in [3.05, 3.63) is 24.0 Å². The molecule has 1 unspecified atom stereocenters. The second kappa shape index (κ2) is 4.90. The van der Waals surface area contributed by atoms with Crippen LogP contribution in [0.3, 0.4) is 0 Å². The van der Waals surface area contributed by atoms with Crippen LogP contribution in [0.1, 0.15) is 39.3 Å². The number of rotatable bonds is 0. The molecule has 5 nitrogen and oxygen atoms in total. The summed E-state index contributed by atoms with van der Waals surface area (Å²) in [5.41, 5.74) is 0.280. The van der Waals surface area contributed by atoms with Crippen LogP contribution in [0, 0.1) is 0 Å². The van der Waals surface area contributed by atoms with E-state index in [2.05, 4.69) is 4.98 Å². The first kappa shape index (κ1) is 14.2. The molecule has 1 fully saturated rings. The minimum absolute atomic E-state index is 0.250. The van der Waals surface area contributed by atoms with E-state index < -0.39 is 5.60 Å². The zero-order valence-electron chi connectivity index (χ0n) is 12.9. The van der Waals surface area contributed by atoms with Crippen LogP contribution in [0.5, 0.6) is 5.75 Å². The highest BCUT2D eigenvalue weighted by Crippen LogP contribution is 2.38. The summed E-state index contributed by atoms with van der Waals surface area (Å²) in [5.74, 6) is 0.856. The van der Waals surface area contributed by atoms with Crippen molar-refractivity contribution >= 4 is 6.09 Å². The fraction of sp³-hybridized carbons (Fsp3) is 0.625. The Morgan fingerprint density at radius 1 is 1.43 bits per heavy atom. The van der Waals surface area contributed by atoms with Gasteiger partial charge in [0.2, 0.25) is 0 Å². The van der Waals surface area contributed by atoms with Gasteiger partial charge in [-0.15, -0.1) is 0 Å². The van der Waals surface area contributed by atoms with Crippen molar-refractivity contribution in [2.75, 3.05) is 13.1 Å². The number of fused-ring (bicyclic) bond motifs is 1. The Labute approximate surface area is 125 Å². The molecule has 0 radical (unpaired) electrons. The first-order valence-electron chi connectivity index (χ1n) is 7.48. The van der Waals surface area contributed by atoms with Gasteiger partial charge in [0.1, 0.15) is 17.0 Å². The van der Waals surface area contributed by atoms with Crippen molar-refractivity contribution in [2.45, 2.75) is 51.2 Å². The SMILES string of the molecule is CC(C)(C)OC(=O)N1CCC2(CCc3ncccc3O2)C1. The molecular weight excluding hydrogens is 268 g/mol. The van der Waals surface area contributed by atoms with Crippen LogP contribution in [-0.2, 0) is 11.2 Å². The van der Waals surface area contributed by atoms with Gasteiger partial charge >= 0.3 is 6.09 Å². The molecule has 1 aromatic rings. The highest BCUT2D eigenvalue weighted by atomic mass is 16.6. The molecule has 0 saturated carbocycles. The smallest absolute Gasteiger partial charge is 0.410 e. The lowest BCUT2D eigenvalue weighted by atomic mass is 9.92. The van der Waals surface area contributed by atoms with Crippen LogP contribution in [0.25, 0.3) is 0 Å². The molecule has 0 N–H and O–H groups in total. The maximum atomic E-state index is 12.2. The third-order valence-corrected chi connectivity index (χ3v) is 3.96. The van der Waals surface area contributed by atoms with Gasteiger partial charge < -0.3 is 14.4 Å². The Morgan fingerprint density at radius 3 is 3.00 bits per heavy atom. The Kier molecular flexibility index (Phi) is 3.30. The van der Waals surface area contributed by atoms with Crippen LogP contribution >= 0.6 is 0 Å². The highest BCUT2D eigenvalue weighted by Gasteiger charge is 2.45. The number of aromatic nitrogens is 1. The van der Waals surface area contributed by atoms with Crippen molar-refractivity contribution in [3.63, 3.8) is 0 Å². The molecule has 1 atom stereocenters. The average Bonchev–Trinajstić information content (AvgIpc) is 2.81. The fourth-order valence-corrected chi connectivity index (χ4v) is 2.95. The van der Waals surface area contributed by atoms with Crippen molar-refractivity contribution in [2.24, 2.45) is 0 Å². The monoisotopic (exact) mass is 290 g/mol. The van der Waals surface area contributed by atoms with Crippen molar-refractivity contribution in [1.82, 2.24) is 9.88 Å². The first-order chi connectivity index (χ1) is 9.87. The van der Waals surface area contributed by atoms with Gasteiger partial charge in [-0.05, 0) is 45.7 Å². The van der Waals surface area contributed by atoms with E-state index in [-0.39, 0.29) is 11.7 Å². The largest absolute Gasteiger partial charge is 0.483 e. The second-order valence-corrected chi connectivity index (χ2v) is 6.89. The molecule has 21 heavy (non-hydrogen) atoms. The molecule has 1 saturated heterocycles. The molecular formula is C16H22N2O3. The maximum Gasteiger partial charge on any atom is 0.410 e. The summed E-state index contributed by atoms with van der Waals surface area (Å²) in [6, 6.07) is 3.85. The van der Waals surface area contributed by atoms with E-state index in [0.29, 0.717) is 13.1 Å². The number of hydrogen-bond donors (Lipinski definition) is 0. The molecule has 5 heteroatoms. The number of carbonyl (C=O) groups excluding carboxylic acids is 1. The van der Waals surface area contributed by atoms with E-state index in [0.717, 1.165) is 30.7 Å². The number of aryl methyl sites for hydroxylation is 1. The molecule has 1 amide bonds. The summed E-state index contributed by atoms with van der Waals surface area (Å²) in [6.45, 7) is 6.93. The van der Waals surface area contributed by atoms with Gasteiger partial charge in [0, 0.05) is 19.2 Å². The Hall–Kier alpha value is -1.78. The second-order valence-electron chi connectivity index (χ2n) is 6.89. The Balaban J connectivity index is 1.69. The normalized spacial score (nSPS) is 24.6. The summed E-state index contributed by atoms with van der Waals surface area (Å²) >= 11 is 0. The summed E-state index contributed by atoms with van der Waals surface area (Å²) in [7, 11) is 0. The van der Waals surface area contributed by atoms with E-state index >= 15 is 0 Å². The molecule has 3 heterocycles. The van der Waals surface area contributed by atoms with Gasteiger partial charge in [0.05, 0.1) is 12.2 Å². The lowest BCUT2D eigenvalue weighted by Gasteiger charge is -2.35. The van der Waals surface area contributed by atoms with Gasteiger partial charge in [-0.25, -0.2) is 4.79 Å². The zero-order chi connectivity index (χ0) is 15.1. The minimum atomic E-state index is -0.462. The van der Waals surface area contributed by atoms with Gasteiger partial charge in [-0.3, -0.25) is 4.98 Å². The molecule has 2 aliphatic rings. The van der Waals surface area contributed by atoms with Crippen LogP contribution in [0.15, 0.2) is 18.3 Å². The van der Waals surface area contributed by atoms with Crippen LogP contribution in [0.2, 0.25) is 0 Å². The molecule has 0 bridgehead atoms. The number of hydrogen-bond acceptors (Lipinski definition) is 4. The summed E-state index contributed by atoms with van der Waals surface area (Å²) < 4.78 is 11.6. The number of carbonyl (C=O) groups is 1. The van der Waals surface area contributed by atoms with E-state index in [1.54, 1.807) is 11.1 Å². The van der Waals surface area contributed by atoms with E-state index in [9.17, 15) is 4.79 Å². The van der Waals surface area contributed by atoms with E-state index in [4.69, 9.17) is 9.47 Å². The number of nitrogens with zero attached hydrogens (tertiary/aromatic N) is 2. The fourth-order valence-electron chi connectivity index (χ4n) is 2.95. The summed E-state index contributed by atoms with van der Waals surface area (Å²) in [4.78, 5) is 18.3. The number of likely N-dealkylation sites (tertiary alicyclic amines) is 1. The molecule has 114 valence electrons. The molecule has 3 rings (SSSR count). The lowest BCUT2D eigenvalue weighted by Crippen LogP contribution is -2.44. The molecule has 1 aromatic heterocycles. The predicted octanol–water partition coefficient (Wildman–Crippen LogP) is 2.79. The van der Waals surface area contributed by atoms with Crippen molar-refractivity contribution in [1.29, 1.82) is 0 Å². The minimum Gasteiger partial charge on any atom is -0.483 e. The molecule has 0 aromatic carbocycles. The van der Waals surface area contributed by atoms with Gasteiger partial charge in [0.15, 0.2) is 0 Å². The van der Waals surface area contributed by atoms with Crippen molar-refractivity contribution < 1.29 is 14.3 Å². The molecule has 0 aliphatic carbocycles.